The van der Waals surface area contributed by atoms with E-state index in [1.807, 2.05) is 0 Å². The maximum absolute atomic E-state index is 12.1. The lowest BCUT2D eigenvalue weighted by Crippen LogP contribution is -2.35. The lowest BCUT2D eigenvalue weighted by atomic mass is 10.4. The minimum atomic E-state index is -3.68. The largest absolute Gasteiger partial charge is 0.465 e. The zero-order chi connectivity index (χ0) is 17.5. The number of rotatable bonds is 8. The number of likely N-dealkylation sites (N-methyl/N-ethyl adjacent to an activating group) is 1. The van der Waals surface area contributed by atoms with Crippen molar-refractivity contribution in [3.8, 4) is 0 Å². The molecule has 0 aromatic heterocycles. The van der Waals surface area contributed by atoms with E-state index in [2.05, 4.69) is 20.7 Å². The molecule has 0 aliphatic carbocycles. The number of amides is 1. The summed E-state index contributed by atoms with van der Waals surface area (Å²) in [6.45, 7) is 1.70. The summed E-state index contributed by atoms with van der Waals surface area (Å²) in [4.78, 5) is 24.4. The summed E-state index contributed by atoms with van der Waals surface area (Å²) < 4.78 is 31.9. The van der Waals surface area contributed by atoms with Gasteiger partial charge in [0.05, 0.1) is 11.5 Å². The van der Waals surface area contributed by atoms with Crippen LogP contribution in [-0.4, -0.2) is 51.9 Å². The first-order valence-corrected chi connectivity index (χ1v) is 9.18. The molecule has 0 bridgehead atoms. The van der Waals surface area contributed by atoms with Gasteiger partial charge in [-0.25, -0.2) is 13.1 Å². The van der Waals surface area contributed by atoms with E-state index in [0.29, 0.717) is 4.47 Å². The number of halogens is 1. The molecule has 1 amide bonds. The Balaban J connectivity index is 2.49. The number of carbonyl (C=O) groups is 2. The van der Waals surface area contributed by atoms with Crippen LogP contribution < -0.4 is 4.72 Å². The van der Waals surface area contributed by atoms with Crippen LogP contribution in [0.3, 0.4) is 0 Å². The molecule has 0 atom stereocenters. The molecule has 1 aromatic rings. The fourth-order valence-electron chi connectivity index (χ4n) is 1.69. The Hall–Kier alpha value is -1.45. The second-order valence-electron chi connectivity index (χ2n) is 4.66. The van der Waals surface area contributed by atoms with Crippen molar-refractivity contribution < 1.29 is 22.7 Å². The van der Waals surface area contributed by atoms with Crippen LogP contribution in [0.4, 0.5) is 0 Å². The van der Waals surface area contributed by atoms with Crippen LogP contribution in [0.2, 0.25) is 0 Å². The quantitative estimate of drug-likeness (QED) is 0.653. The number of hydrogen-bond donors (Lipinski definition) is 1. The molecular formula is C14H19BrN2O5S. The molecule has 0 heterocycles. The van der Waals surface area contributed by atoms with E-state index in [1.54, 1.807) is 19.1 Å². The molecule has 9 heteroatoms. The van der Waals surface area contributed by atoms with Crippen molar-refractivity contribution in [1.82, 2.24) is 9.62 Å². The highest BCUT2D eigenvalue weighted by Crippen LogP contribution is 2.15. The maximum Gasteiger partial charge on any atom is 0.325 e. The highest BCUT2D eigenvalue weighted by Gasteiger charge is 2.17. The second-order valence-corrected chi connectivity index (χ2v) is 7.34. The topological polar surface area (TPSA) is 92.8 Å². The minimum Gasteiger partial charge on any atom is -0.465 e. The third-order valence-electron chi connectivity index (χ3n) is 2.83. The van der Waals surface area contributed by atoms with Crippen molar-refractivity contribution in [2.45, 2.75) is 18.2 Å². The fraction of sp³-hybridized carbons (Fsp3) is 0.429. The van der Waals surface area contributed by atoms with Gasteiger partial charge in [-0.05, 0) is 25.1 Å². The summed E-state index contributed by atoms with van der Waals surface area (Å²) in [5.74, 6) is -0.854. The number of nitrogens with one attached hydrogen (secondary N) is 1. The molecule has 0 saturated heterocycles. The number of nitrogens with zero attached hydrogens (tertiary/aromatic N) is 1. The third-order valence-corrected chi connectivity index (χ3v) is 4.79. The predicted molar refractivity (Wildman–Crippen MR) is 88.2 cm³/mol. The van der Waals surface area contributed by atoms with E-state index in [4.69, 9.17) is 4.74 Å². The molecule has 0 fully saturated rings. The minimum absolute atomic E-state index is 0.0524. The van der Waals surface area contributed by atoms with Crippen molar-refractivity contribution in [2.24, 2.45) is 0 Å². The van der Waals surface area contributed by atoms with E-state index in [9.17, 15) is 18.0 Å². The molecule has 1 rings (SSSR count). The maximum atomic E-state index is 12.1. The Labute approximate surface area is 144 Å². The normalized spacial score (nSPS) is 11.1. The van der Waals surface area contributed by atoms with Gasteiger partial charge in [0.25, 0.3) is 0 Å². The van der Waals surface area contributed by atoms with E-state index >= 15 is 0 Å². The molecule has 0 unspecified atom stereocenters. The summed E-state index contributed by atoms with van der Waals surface area (Å²) in [6, 6.07) is 6.25. The van der Waals surface area contributed by atoms with Crippen LogP contribution in [0, 0.1) is 0 Å². The molecule has 0 radical (unpaired) electrons. The summed E-state index contributed by atoms with van der Waals surface area (Å²) in [5.41, 5.74) is 0. The van der Waals surface area contributed by atoms with Gasteiger partial charge >= 0.3 is 5.97 Å². The average Bonchev–Trinajstić information content (AvgIpc) is 2.47. The van der Waals surface area contributed by atoms with Crippen LogP contribution >= 0.6 is 15.9 Å². The standard InChI is InChI=1S/C14H19BrN2O5S/c1-3-22-14(19)10-17(2)13(18)7-8-16-23(20,21)12-6-4-5-11(15)9-12/h4-6,9,16H,3,7-8,10H2,1-2H3. The first-order chi connectivity index (χ1) is 10.8. The Bertz CT molecular complexity index is 663. The molecule has 0 aliphatic heterocycles. The lowest BCUT2D eigenvalue weighted by Gasteiger charge is -2.16. The van der Waals surface area contributed by atoms with Gasteiger partial charge in [0.15, 0.2) is 0 Å². The first kappa shape index (κ1) is 19.6. The number of sulfonamides is 1. The molecule has 0 spiro atoms. The summed E-state index contributed by atoms with van der Waals surface area (Å²) >= 11 is 3.20. The summed E-state index contributed by atoms with van der Waals surface area (Å²) in [5, 5.41) is 0. The number of esters is 1. The van der Waals surface area contributed by atoms with Crippen molar-refractivity contribution in [3.63, 3.8) is 0 Å². The first-order valence-electron chi connectivity index (χ1n) is 6.91. The molecule has 1 aromatic carbocycles. The van der Waals surface area contributed by atoms with Crippen LogP contribution in [0.1, 0.15) is 13.3 Å². The molecule has 0 aliphatic rings. The predicted octanol–water partition coefficient (Wildman–Crippen LogP) is 1.14. The van der Waals surface area contributed by atoms with E-state index in [0.717, 1.165) is 0 Å². The molecular weight excluding hydrogens is 388 g/mol. The monoisotopic (exact) mass is 406 g/mol. The van der Waals surface area contributed by atoms with Gasteiger partial charge in [0.1, 0.15) is 6.54 Å². The smallest absolute Gasteiger partial charge is 0.325 e. The number of benzene rings is 1. The molecule has 128 valence electrons. The van der Waals surface area contributed by atoms with Crippen LogP contribution in [-0.2, 0) is 24.3 Å². The Morgan fingerprint density at radius 1 is 1.35 bits per heavy atom. The SMILES string of the molecule is CCOC(=O)CN(C)C(=O)CCNS(=O)(=O)c1cccc(Br)c1. The second kappa shape index (κ2) is 8.99. The Kier molecular flexibility index (Phi) is 7.66. The average molecular weight is 407 g/mol. The van der Waals surface area contributed by atoms with Gasteiger partial charge in [-0.2, -0.15) is 0 Å². The number of ether oxygens (including phenoxy) is 1. The molecule has 0 saturated carbocycles. The van der Waals surface area contributed by atoms with E-state index in [1.165, 1.54) is 24.1 Å². The lowest BCUT2D eigenvalue weighted by molar-refractivity contribution is -0.148. The van der Waals surface area contributed by atoms with Crippen LogP contribution in [0.15, 0.2) is 33.6 Å². The van der Waals surface area contributed by atoms with Crippen molar-refractivity contribution in [1.29, 1.82) is 0 Å². The highest BCUT2D eigenvalue weighted by molar-refractivity contribution is 9.10. The number of carbonyl (C=O) groups excluding carboxylic acids is 2. The van der Waals surface area contributed by atoms with Gasteiger partial charge in [-0.3, -0.25) is 9.59 Å². The van der Waals surface area contributed by atoms with Gasteiger partial charge in [-0.15, -0.1) is 0 Å². The zero-order valence-electron chi connectivity index (χ0n) is 12.9. The highest BCUT2D eigenvalue weighted by atomic mass is 79.9. The van der Waals surface area contributed by atoms with Crippen LogP contribution in [0.25, 0.3) is 0 Å². The van der Waals surface area contributed by atoms with Crippen LogP contribution in [0.5, 0.6) is 0 Å². The van der Waals surface area contributed by atoms with Gasteiger partial charge in [-0.1, -0.05) is 22.0 Å². The van der Waals surface area contributed by atoms with Crippen molar-refractivity contribution in [3.05, 3.63) is 28.7 Å². The van der Waals surface area contributed by atoms with Gasteiger partial charge < -0.3 is 9.64 Å². The summed E-state index contributed by atoms with van der Waals surface area (Å²) in [7, 11) is -2.22. The summed E-state index contributed by atoms with van der Waals surface area (Å²) in [6.07, 6.45) is -0.0524. The Morgan fingerprint density at radius 2 is 2.04 bits per heavy atom. The van der Waals surface area contributed by atoms with Gasteiger partial charge in [0.2, 0.25) is 15.9 Å². The van der Waals surface area contributed by atoms with Crippen molar-refractivity contribution >= 4 is 37.8 Å². The zero-order valence-corrected chi connectivity index (χ0v) is 15.3. The molecule has 1 N–H and O–H groups in total. The van der Waals surface area contributed by atoms with E-state index in [-0.39, 0.29) is 36.9 Å². The Morgan fingerprint density at radius 3 is 2.65 bits per heavy atom. The third kappa shape index (κ3) is 6.67. The fourth-order valence-corrected chi connectivity index (χ4v) is 3.32. The van der Waals surface area contributed by atoms with Gasteiger partial charge in [0, 0.05) is 24.5 Å². The van der Waals surface area contributed by atoms with Crippen molar-refractivity contribution in [2.75, 3.05) is 26.7 Å². The molecule has 7 nitrogen and oxygen atoms in total. The molecule has 23 heavy (non-hydrogen) atoms. The van der Waals surface area contributed by atoms with E-state index < -0.39 is 16.0 Å². The number of hydrogen-bond acceptors (Lipinski definition) is 5.